The van der Waals surface area contributed by atoms with Crippen molar-refractivity contribution in [1.82, 2.24) is 13.5 Å². The molecule has 0 aliphatic rings. The maximum atomic E-state index is 12.1. The monoisotopic (exact) mass is 301 g/mol. The van der Waals surface area contributed by atoms with E-state index in [1.54, 1.807) is 12.1 Å². The molecule has 1 aromatic carbocycles. The van der Waals surface area contributed by atoms with Gasteiger partial charge in [0, 0.05) is 6.54 Å². The van der Waals surface area contributed by atoms with Crippen LogP contribution in [0.3, 0.4) is 0 Å². The standard InChI is InChI=1S/C10H11N3O4S2/c1-6(10(14)15)5-11-19(16,17)8-4-2-3-7-9(8)13-18-12-7/h2-4,6,11H,5H2,1H3,(H,14,15). The van der Waals surface area contributed by atoms with Crippen LogP contribution in [0.4, 0.5) is 0 Å². The number of fused-ring (bicyclic) bond motifs is 1. The summed E-state index contributed by atoms with van der Waals surface area (Å²) in [5.74, 6) is -1.86. The van der Waals surface area contributed by atoms with Gasteiger partial charge in [-0.15, -0.1) is 0 Å². The van der Waals surface area contributed by atoms with E-state index >= 15 is 0 Å². The number of rotatable bonds is 5. The van der Waals surface area contributed by atoms with Crippen molar-refractivity contribution in [3.05, 3.63) is 18.2 Å². The highest BCUT2D eigenvalue weighted by atomic mass is 32.2. The highest BCUT2D eigenvalue weighted by Gasteiger charge is 2.21. The number of hydrogen-bond acceptors (Lipinski definition) is 6. The van der Waals surface area contributed by atoms with E-state index in [9.17, 15) is 13.2 Å². The van der Waals surface area contributed by atoms with Crippen molar-refractivity contribution < 1.29 is 18.3 Å². The first-order valence-corrected chi connectivity index (χ1v) is 7.57. The van der Waals surface area contributed by atoms with Gasteiger partial charge >= 0.3 is 5.97 Å². The highest BCUT2D eigenvalue weighted by Crippen LogP contribution is 2.20. The third-order valence-corrected chi connectivity index (χ3v) is 4.54. The van der Waals surface area contributed by atoms with E-state index in [2.05, 4.69) is 13.5 Å². The van der Waals surface area contributed by atoms with E-state index in [0.717, 1.165) is 11.7 Å². The Kier molecular flexibility index (Phi) is 3.78. The summed E-state index contributed by atoms with van der Waals surface area (Å²) in [6.45, 7) is 1.25. The van der Waals surface area contributed by atoms with Crippen LogP contribution in [0.25, 0.3) is 11.0 Å². The number of aliphatic carboxylic acids is 1. The molecule has 1 unspecified atom stereocenters. The first-order chi connectivity index (χ1) is 8.92. The largest absolute Gasteiger partial charge is 0.481 e. The fourth-order valence-electron chi connectivity index (χ4n) is 1.40. The number of nitrogens with zero attached hydrogens (tertiary/aromatic N) is 2. The van der Waals surface area contributed by atoms with Gasteiger partial charge in [0.1, 0.15) is 15.9 Å². The van der Waals surface area contributed by atoms with Gasteiger partial charge in [-0.2, -0.15) is 8.75 Å². The number of nitrogens with one attached hydrogen (secondary N) is 1. The van der Waals surface area contributed by atoms with Crippen molar-refractivity contribution >= 4 is 38.8 Å². The third kappa shape index (κ3) is 2.88. The second kappa shape index (κ2) is 5.19. The Balaban J connectivity index is 2.29. The Morgan fingerprint density at radius 3 is 2.89 bits per heavy atom. The van der Waals surface area contributed by atoms with E-state index in [1.807, 2.05) is 0 Å². The molecule has 2 N–H and O–H groups in total. The van der Waals surface area contributed by atoms with Crippen LogP contribution in [-0.2, 0) is 14.8 Å². The zero-order valence-corrected chi connectivity index (χ0v) is 11.5. The molecule has 0 spiro atoms. The van der Waals surface area contributed by atoms with Crippen molar-refractivity contribution in [1.29, 1.82) is 0 Å². The Labute approximate surface area is 113 Å². The van der Waals surface area contributed by atoms with Gasteiger partial charge in [0.15, 0.2) is 0 Å². The molecule has 0 aliphatic heterocycles. The summed E-state index contributed by atoms with van der Waals surface area (Å²) >= 11 is 0.926. The molecule has 9 heteroatoms. The molecule has 0 saturated carbocycles. The summed E-state index contributed by atoms with van der Waals surface area (Å²) in [7, 11) is -3.79. The van der Waals surface area contributed by atoms with Crippen molar-refractivity contribution in [3.8, 4) is 0 Å². The van der Waals surface area contributed by atoms with Gasteiger partial charge < -0.3 is 5.11 Å². The molecule has 1 heterocycles. The first kappa shape index (κ1) is 13.8. The topological polar surface area (TPSA) is 109 Å². The quantitative estimate of drug-likeness (QED) is 0.841. The van der Waals surface area contributed by atoms with Crippen molar-refractivity contribution in [3.63, 3.8) is 0 Å². The second-order valence-corrected chi connectivity index (χ2v) is 6.24. The van der Waals surface area contributed by atoms with Crippen LogP contribution in [0.2, 0.25) is 0 Å². The molecule has 19 heavy (non-hydrogen) atoms. The van der Waals surface area contributed by atoms with Crippen LogP contribution in [0.15, 0.2) is 23.1 Å². The van der Waals surface area contributed by atoms with Gasteiger partial charge in [-0.25, -0.2) is 13.1 Å². The Hall–Kier alpha value is -1.58. The maximum absolute atomic E-state index is 12.1. The molecule has 2 aromatic rings. The van der Waals surface area contributed by atoms with Crippen molar-refractivity contribution in [2.75, 3.05) is 6.54 Å². The van der Waals surface area contributed by atoms with Crippen molar-refractivity contribution in [2.24, 2.45) is 5.92 Å². The number of benzene rings is 1. The molecule has 0 bridgehead atoms. The van der Waals surface area contributed by atoms with Crippen LogP contribution in [0.1, 0.15) is 6.92 Å². The number of hydrogen-bond donors (Lipinski definition) is 2. The smallest absolute Gasteiger partial charge is 0.307 e. The Morgan fingerprint density at radius 2 is 2.21 bits per heavy atom. The molecule has 0 radical (unpaired) electrons. The minimum atomic E-state index is -3.79. The fourth-order valence-corrected chi connectivity index (χ4v) is 3.29. The summed E-state index contributed by atoms with van der Waals surface area (Å²) in [6.07, 6.45) is 0. The van der Waals surface area contributed by atoms with Gasteiger partial charge in [-0.05, 0) is 12.1 Å². The molecule has 0 saturated heterocycles. The number of sulfonamides is 1. The lowest BCUT2D eigenvalue weighted by atomic mass is 10.2. The summed E-state index contributed by atoms with van der Waals surface area (Å²) < 4.78 is 34.4. The minimum absolute atomic E-state index is 0.0105. The molecule has 7 nitrogen and oxygen atoms in total. The zero-order chi connectivity index (χ0) is 14.0. The van der Waals surface area contributed by atoms with E-state index in [-0.39, 0.29) is 11.4 Å². The highest BCUT2D eigenvalue weighted by molar-refractivity contribution is 7.89. The lowest BCUT2D eigenvalue weighted by molar-refractivity contribution is -0.140. The van der Waals surface area contributed by atoms with Gasteiger partial charge in [-0.3, -0.25) is 4.79 Å². The second-order valence-electron chi connectivity index (χ2n) is 3.98. The van der Waals surface area contributed by atoms with E-state index in [4.69, 9.17) is 5.11 Å². The molecule has 0 aliphatic carbocycles. The average molecular weight is 301 g/mol. The SMILES string of the molecule is CC(CNS(=O)(=O)c1cccc2nsnc12)C(=O)O. The summed E-state index contributed by atoms with van der Waals surface area (Å²) in [4.78, 5) is 10.7. The molecule has 0 fully saturated rings. The van der Waals surface area contributed by atoms with Crippen LogP contribution >= 0.6 is 11.7 Å². The summed E-state index contributed by atoms with van der Waals surface area (Å²) in [5.41, 5.74) is 0.794. The minimum Gasteiger partial charge on any atom is -0.481 e. The number of carboxylic acids is 1. The third-order valence-electron chi connectivity index (χ3n) is 2.54. The Bertz CT molecular complexity index is 710. The Morgan fingerprint density at radius 1 is 1.47 bits per heavy atom. The van der Waals surface area contributed by atoms with Crippen LogP contribution in [-0.4, -0.2) is 34.8 Å². The van der Waals surface area contributed by atoms with Crippen LogP contribution in [0.5, 0.6) is 0 Å². The molecule has 0 amide bonds. The summed E-state index contributed by atoms with van der Waals surface area (Å²) in [6, 6.07) is 4.65. The maximum Gasteiger partial charge on any atom is 0.307 e. The predicted molar refractivity (Wildman–Crippen MR) is 69.4 cm³/mol. The molecule has 1 aromatic heterocycles. The van der Waals surface area contributed by atoms with Crippen LogP contribution < -0.4 is 4.72 Å². The molecular formula is C10H11N3O4S2. The predicted octanol–water partition coefficient (Wildman–Crippen LogP) is 0.690. The lowest BCUT2D eigenvalue weighted by Crippen LogP contribution is -2.31. The zero-order valence-electron chi connectivity index (χ0n) is 9.90. The number of aromatic nitrogens is 2. The number of carboxylic acid groups (broad SMARTS) is 1. The normalized spacial score (nSPS) is 13.5. The molecular weight excluding hydrogens is 290 g/mol. The molecule has 2 rings (SSSR count). The first-order valence-electron chi connectivity index (χ1n) is 5.35. The van der Waals surface area contributed by atoms with Gasteiger partial charge in [0.25, 0.3) is 0 Å². The summed E-state index contributed by atoms with van der Waals surface area (Å²) in [5, 5.41) is 8.73. The van der Waals surface area contributed by atoms with Crippen LogP contribution in [0, 0.1) is 5.92 Å². The number of carbonyl (C=O) groups is 1. The molecule has 1 atom stereocenters. The fraction of sp³-hybridized carbons (Fsp3) is 0.300. The molecule has 102 valence electrons. The average Bonchev–Trinajstić information content (AvgIpc) is 2.83. The van der Waals surface area contributed by atoms with Gasteiger partial charge in [0.05, 0.1) is 17.6 Å². The van der Waals surface area contributed by atoms with E-state index in [1.165, 1.54) is 13.0 Å². The lowest BCUT2D eigenvalue weighted by Gasteiger charge is -2.09. The van der Waals surface area contributed by atoms with E-state index < -0.39 is 21.9 Å². The van der Waals surface area contributed by atoms with Gasteiger partial charge in [-0.1, -0.05) is 13.0 Å². The van der Waals surface area contributed by atoms with Gasteiger partial charge in [0.2, 0.25) is 10.0 Å². The van der Waals surface area contributed by atoms with E-state index in [0.29, 0.717) is 11.0 Å². The van der Waals surface area contributed by atoms with Crippen molar-refractivity contribution in [2.45, 2.75) is 11.8 Å².